The quantitative estimate of drug-likeness (QED) is 0.572. The van der Waals surface area contributed by atoms with Crippen molar-refractivity contribution in [1.82, 2.24) is 0 Å². The van der Waals surface area contributed by atoms with Gasteiger partial charge in [-0.1, -0.05) is 30.3 Å². The number of benzene rings is 2. The molecule has 2 amide bonds. The summed E-state index contributed by atoms with van der Waals surface area (Å²) in [5.41, 5.74) is 6.85. The van der Waals surface area contributed by atoms with Crippen LogP contribution in [-0.2, 0) is 14.8 Å². The lowest BCUT2D eigenvalue weighted by molar-refractivity contribution is -0.114. The molecule has 0 fully saturated rings. The summed E-state index contributed by atoms with van der Waals surface area (Å²) >= 11 is 1.13. The minimum Gasteiger partial charge on any atom is -0.366 e. The average molecular weight is 415 g/mol. The maximum Gasteiger partial charge on any atom is 0.262 e. The van der Waals surface area contributed by atoms with Crippen LogP contribution in [0.5, 0.6) is 0 Å². The van der Waals surface area contributed by atoms with E-state index in [0.717, 1.165) is 16.9 Å². The standard InChI is InChI=1S/C19H17N3O4S2/c1-12(23)21-14-7-9-15(10-8-14)28(25,26)22-19-16(18(20)24)11-17(27-19)13-5-3-2-4-6-13/h2-11,22H,1H3,(H2,20,24)(H,21,23). The summed E-state index contributed by atoms with van der Waals surface area (Å²) in [6.45, 7) is 1.36. The van der Waals surface area contributed by atoms with Gasteiger partial charge in [0.2, 0.25) is 5.91 Å². The number of hydrogen-bond donors (Lipinski definition) is 3. The first-order valence-corrected chi connectivity index (χ1v) is 10.5. The van der Waals surface area contributed by atoms with Crippen LogP contribution in [0.2, 0.25) is 0 Å². The lowest BCUT2D eigenvalue weighted by Crippen LogP contribution is -2.17. The molecule has 0 unspecified atom stereocenters. The van der Waals surface area contributed by atoms with Gasteiger partial charge in [0, 0.05) is 17.5 Å². The molecule has 28 heavy (non-hydrogen) atoms. The third-order valence-electron chi connectivity index (χ3n) is 3.77. The van der Waals surface area contributed by atoms with Crippen molar-refractivity contribution in [2.75, 3.05) is 10.0 Å². The van der Waals surface area contributed by atoms with E-state index in [9.17, 15) is 18.0 Å². The second-order valence-electron chi connectivity index (χ2n) is 5.89. The third-order valence-corrected chi connectivity index (χ3v) is 6.36. The molecule has 0 aliphatic rings. The summed E-state index contributed by atoms with van der Waals surface area (Å²) in [5.74, 6) is -0.982. The van der Waals surface area contributed by atoms with Crippen LogP contribution in [0.3, 0.4) is 0 Å². The zero-order valence-corrected chi connectivity index (χ0v) is 16.4. The summed E-state index contributed by atoms with van der Waals surface area (Å²) < 4.78 is 27.9. The number of primary amides is 1. The molecular weight excluding hydrogens is 398 g/mol. The fourth-order valence-corrected chi connectivity index (χ4v) is 4.88. The van der Waals surface area contributed by atoms with Crippen molar-refractivity contribution in [2.45, 2.75) is 11.8 Å². The number of carbonyl (C=O) groups excluding carboxylic acids is 2. The van der Waals surface area contributed by atoms with E-state index in [4.69, 9.17) is 5.73 Å². The molecule has 0 bridgehead atoms. The molecule has 0 aliphatic carbocycles. The van der Waals surface area contributed by atoms with Gasteiger partial charge < -0.3 is 11.1 Å². The molecule has 144 valence electrons. The molecule has 3 rings (SSSR count). The molecule has 1 aromatic heterocycles. The second-order valence-corrected chi connectivity index (χ2v) is 8.63. The van der Waals surface area contributed by atoms with E-state index in [-0.39, 0.29) is 21.4 Å². The van der Waals surface area contributed by atoms with E-state index in [2.05, 4.69) is 10.0 Å². The van der Waals surface area contributed by atoms with Crippen LogP contribution in [0, 0.1) is 0 Å². The van der Waals surface area contributed by atoms with E-state index in [1.807, 2.05) is 30.3 Å². The Morgan fingerprint density at radius 3 is 2.21 bits per heavy atom. The zero-order valence-electron chi connectivity index (χ0n) is 14.8. The molecule has 0 atom stereocenters. The lowest BCUT2D eigenvalue weighted by Gasteiger charge is -2.08. The van der Waals surface area contributed by atoms with Crippen LogP contribution >= 0.6 is 11.3 Å². The zero-order chi connectivity index (χ0) is 20.3. The molecule has 4 N–H and O–H groups in total. The van der Waals surface area contributed by atoms with Crippen LogP contribution in [0.1, 0.15) is 17.3 Å². The number of amides is 2. The monoisotopic (exact) mass is 415 g/mol. The van der Waals surface area contributed by atoms with Crippen LogP contribution in [-0.4, -0.2) is 20.2 Å². The third kappa shape index (κ3) is 4.38. The summed E-state index contributed by atoms with van der Waals surface area (Å²) in [5, 5.41) is 2.72. The Morgan fingerprint density at radius 1 is 1.00 bits per heavy atom. The first-order chi connectivity index (χ1) is 13.3. The number of nitrogens with two attached hydrogens (primary N) is 1. The Labute approximate surface area is 166 Å². The Bertz CT molecular complexity index is 1120. The second kappa shape index (κ2) is 7.83. The van der Waals surface area contributed by atoms with Crippen molar-refractivity contribution in [2.24, 2.45) is 5.73 Å². The molecule has 3 aromatic rings. The highest BCUT2D eigenvalue weighted by Crippen LogP contribution is 2.36. The van der Waals surface area contributed by atoms with Crippen molar-refractivity contribution >= 4 is 43.9 Å². The van der Waals surface area contributed by atoms with Crippen LogP contribution < -0.4 is 15.8 Å². The van der Waals surface area contributed by atoms with Gasteiger partial charge in [-0.05, 0) is 35.9 Å². The van der Waals surface area contributed by atoms with E-state index >= 15 is 0 Å². The van der Waals surface area contributed by atoms with E-state index in [1.165, 1.54) is 31.2 Å². The molecule has 0 aliphatic heterocycles. The van der Waals surface area contributed by atoms with Crippen molar-refractivity contribution in [3.63, 3.8) is 0 Å². The van der Waals surface area contributed by atoms with Gasteiger partial charge in [-0.2, -0.15) is 0 Å². The molecule has 7 nitrogen and oxygen atoms in total. The highest BCUT2D eigenvalue weighted by molar-refractivity contribution is 7.93. The topological polar surface area (TPSA) is 118 Å². The predicted molar refractivity (Wildman–Crippen MR) is 110 cm³/mol. The van der Waals surface area contributed by atoms with Gasteiger partial charge in [-0.3, -0.25) is 14.3 Å². The molecule has 0 radical (unpaired) electrons. The highest BCUT2D eigenvalue weighted by Gasteiger charge is 2.21. The van der Waals surface area contributed by atoms with E-state index in [1.54, 1.807) is 6.07 Å². The van der Waals surface area contributed by atoms with Crippen molar-refractivity contribution in [3.8, 4) is 10.4 Å². The van der Waals surface area contributed by atoms with Gasteiger partial charge >= 0.3 is 0 Å². The van der Waals surface area contributed by atoms with Crippen LogP contribution in [0.4, 0.5) is 10.7 Å². The van der Waals surface area contributed by atoms with Gasteiger partial charge in [-0.25, -0.2) is 8.42 Å². The largest absolute Gasteiger partial charge is 0.366 e. The van der Waals surface area contributed by atoms with Gasteiger partial charge in [-0.15, -0.1) is 11.3 Å². The predicted octanol–water partition coefficient (Wildman–Crippen LogP) is 3.27. The number of sulfonamides is 1. The maximum atomic E-state index is 12.7. The molecule has 0 saturated heterocycles. The van der Waals surface area contributed by atoms with Crippen molar-refractivity contribution in [1.29, 1.82) is 0 Å². The minimum absolute atomic E-state index is 0.00770. The summed E-state index contributed by atoms with van der Waals surface area (Å²) in [4.78, 5) is 23.6. The Kier molecular flexibility index (Phi) is 5.48. The normalized spacial score (nSPS) is 11.0. The molecule has 0 saturated carbocycles. The number of nitrogens with one attached hydrogen (secondary N) is 2. The van der Waals surface area contributed by atoms with Crippen LogP contribution in [0.15, 0.2) is 65.6 Å². The molecule has 2 aromatic carbocycles. The SMILES string of the molecule is CC(=O)Nc1ccc(S(=O)(=O)Nc2sc(-c3ccccc3)cc2C(N)=O)cc1. The number of anilines is 2. The summed E-state index contributed by atoms with van der Waals surface area (Å²) in [7, 11) is -3.94. The van der Waals surface area contributed by atoms with Gasteiger partial charge in [0.15, 0.2) is 0 Å². The van der Waals surface area contributed by atoms with Crippen molar-refractivity contribution < 1.29 is 18.0 Å². The number of hydrogen-bond acceptors (Lipinski definition) is 5. The molecule has 9 heteroatoms. The summed E-state index contributed by atoms with van der Waals surface area (Å²) in [6.07, 6.45) is 0. The molecule has 0 spiro atoms. The highest BCUT2D eigenvalue weighted by atomic mass is 32.2. The van der Waals surface area contributed by atoms with E-state index < -0.39 is 15.9 Å². The van der Waals surface area contributed by atoms with Crippen LogP contribution in [0.25, 0.3) is 10.4 Å². The first kappa shape index (κ1) is 19.6. The number of carbonyl (C=O) groups is 2. The van der Waals surface area contributed by atoms with Gasteiger partial charge in [0.05, 0.1) is 10.5 Å². The Hall–Kier alpha value is -3.17. The maximum absolute atomic E-state index is 12.7. The first-order valence-electron chi connectivity index (χ1n) is 8.16. The number of thiophene rings is 1. The fourth-order valence-electron chi connectivity index (χ4n) is 2.50. The van der Waals surface area contributed by atoms with Gasteiger partial charge in [0.1, 0.15) is 5.00 Å². The van der Waals surface area contributed by atoms with Crippen molar-refractivity contribution in [3.05, 3.63) is 66.2 Å². The summed E-state index contributed by atoms with van der Waals surface area (Å²) in [6, 6.07) is 16.5. The Morgan fingerprint density at radius 2 is 1.64 bits per heavy atom. The minimum atomic E-state index is -3.94. The smallest absolute Gasteiger partial charge is 0.262 e. The fraction of sp³-hybridized carbons (Fsp3) is 0.0526. The van der Waals surface area contributed by atoms with Gasteiger partial charge in [0.25, 0.3) is 15.9 Å². The van der Waals surface area contributed by atoms with E-state index in [0.29, 0.717) is 10.6 Å². The molecular formula is C19H17N3O4S2. The molecule has 1 heterocycles. The Balaban J connectivity index is 1.92. The number of rotatable bonds is 6. The average Bonchev–Trinajstić information content (AvgIpc) is 3.06. The lowest BCUT2D eigenvalue weighted by atomic mass is 10.1.